The van der Waals surface area contributed by atoms with Crippen molar-refractivity contribution in [3.8, 4) is 0 Å². The molecule has 0 amide bonds. The molecular weight excluding hydrogens is 280 g/mol. The third-order valence-corrected chi connectivity index (χ3v) is 3.63. The molecule has 0 bridgehead atoms. The standard InChI is InChI=1S/C11H12BrClFN/c12-9-5-7(14)6-10(13)11(9)15-8-3-1-2-4-8/h5-6,8,15H,1-4H2. The van der Waals surface area contributed by atoms with Crippen LogP contribution in [0.15, 0.2) is 16.6 Å². The molecule has 0 spiro atoms. The lowest BCUT2D eigenvalue weighted by Crippen LogP contribution is -2.15. The minimum atomic E-state index is -0.316. The lowest BCUT2D eigenvalue weighted by atomic mass is 10.2. The average molecular weight is 293 g/mol. The van der Waals surface area contributed by atoms with Crippen LogP contribution in [0.2, 0.25) is 5.02 Å². The smallest absolute Gasteiger partial charge is 0.125 e. The fraction of sp³-hybridized carbons (Fsp3) is 0.455. The van der Waals surface area contributed by atoms with Gasteiger partial charge in [0, 0.05) is 10.5 Å². The summed E-state index contributed by atoms with van der Waals surface area (Å²) in [4.78, 5) is 0. The molecular formula is C11H12BrClFN. The van der Waals surface area contributed by atoms with Crippen LogP contribution in [-0.2, 0) is 0 Å². The fourth-order valence-electron chi connectivity index (χ4n) is 1.95. The van der Waals surface area contributed by atoms with Gasteiger partial charge in [-0.25, -0.2) is 4.39 Å². The van der Waals surface area contributed by atoms with E-state index in [0.29, 0.717) is 15.5 Å². The lowest BCUT2D eigenvalue weighted by Gasteiger charge is -2.16. The molecule has 0 atom stereocenters. The molecule has 0 unspecified atom stereocenters. The highest BCUT2D eigenvalue weighted by Gasteiger charge is 2.17. The molecule has 0 aromatic heterocycles. The molecule has 1 fully saturated rings. The number of hydrogen-bond acceptors (Lipinski definition) is 1. The van der Waals surface area contributed by atoms with E-state index in [4.69, 9.17) is 11.6 Å². The number of anilines is 1. The predicted octanol–water partition coefficient (Wildman–Crippen LogP) is 4.60. The average Bonchev–Trinajstić information content (AvgIpc) is 2.63. The van der Waals surface area contributed by atoms with Gasteiger partial charge in [-0.2, -0.15) is 0 Å². The van der Waals surface area contributed by atoms with Gasteiger partial charge >= 0.3 is 0 Å². The molecule has 1 saturated carbocycles. The van der Waals surface area contributed by atoms with Crippen LogP contribution in [0, 0.1) is 5.82 Å². The van der Waals surface area contributed by atoms with Crippen molar-refractivity contribution in [2.75, 3.05) is 5.32 Å². The minimum absolute atomic E-state index is 0.316. The largest absolute Gasteiger partial charge is 0.380 e. The Morgan fingerprint density at radius 1 is 1.33 bits per heavy atom. The summed E-state index contributed by atoms with van der Waals surface area (Å²) in [5, 5.41) is 3.80. The summed E-state index contributed by atoms with van der Waals surface area (Å²) in [6.07, 6.45) is 4.85. The Balaban J connectivity index is 2.19. The van der Waals surface area contributed by atoms with E-state index in [1.165, 1.54) is 37.8 Å². The van der Waals surface area contributed by atoms with Gasteiger partial charge in [-0.3, -0.25) is 0 Å². The fourth-order valence-corrected chi connectivity index (χ4v) is 2.88. The maximum atomic E-state index is 13.0. The lowest BCUT2D eigenvalue weighted by molar-refractivity contribution is 0.627. The van der Waals surface area contributed by atoms with Crippen LogP contribution < -0.4 is 5.32 Å². The molecule has 82 valence electrons. The quantitative estimate of drug-likeness (QED) is 0.840. The van der Waals surface area contributed by atoms with Crippen molar-refractivity contribution in [3.63, 3.8) is 0 Å². The number of benzene rings is 1. The molecule has 1 N–H and O–H groups in total. The normalized spacial score (nSPS) is 17.0. The third kappa shape index (κ3) is 2.64. The summed E-state index contributed by atoms with van der Waals surface area (Å²) in [6.45, 7) is 0. The second kappa shape index (κ2) is 4.71. The molecule has 1 nitrogen and oxygen atoms in total. The van der Waals surface area contributed by atoms with Crippen molar-refractivity contribution in [2.24, 2.45) is 0 Å². The number of rotatable bonds is 2. The highest BCUT2D eigenvalue weighted by atomic mass is 79.9. The van der Waals surface area contributed by atoms with Crippen molar-refractivity contribution in [1.82, 2.24) is 0 Å². The molecule has 1 aliphatic rings. The second-order valence-electron chi connectivity index (χ2n) is 3.87. The summed E-state index contributed by atoms with van der Waals surface area (Å²) in [5.41, 5.74) is 0.810. The highest BCUT2D eigenvalue weighted by Crippen LogP contribution is 2.34. The number of hydrogen-bond donors (Lipinski definition) is 1. The Kier molecular flexibility index (Phi) is 3.52. The molecule has 0 saturated heterocycles. The van der Waals surface area contributed by atoms with Gasteiger partial charge in [0.1, 0.15) is 5.82 Å². The van der Waals surface area contributed by atoms with E-state index in [1.54, 1.807) is 0 Å². The van der Waals surface area contributed by atoms with Gasteiger partial charge in [0.25, 0.3) is 0 Å². The van der Waals surface area contributed by atoms with Gasteiger partial charge < -0.3 is 5.32 Å². The summed E-state index contributed by atoms with van der Waals surface area (Å²) < 4.78 is 13.7. The van der Waals surface area contributed by atoms with E-state index in [0.717, 1.165) is 5.69 Å². The Labute approximate surface area is 102 Å². The Hall–Kier alpha value is -0.280. The number of nitrogens with one attached hydrogen (secondary N) is 1. The first-order valence-electron chi connectivity index (χ1n) is 5.08. The summed E-state index contributed by atoms with van der Waals surface area (Å²) in [6, 6.07) is 3.25. The van der Waals surface area contributed by atoms with Crippen LogP contribution in [0.5, 0.6) is 0 Å². The Morgan fingerprint density at radius 2 is 2.00 bits per heavy atom. The van der Waals surface area contributed by atoms with Crippen LogP contribution in [0.1, 0.15) is 25.7 Å². The van der Waals surface area contributed by atoms with Gasteiger partial charge in [0.05, 0.1) is 10.7 Å². The monoisotopic (exact) mass is 291 g/mol. The van der Waals surface area contributed by atoms with Crippen molar-refractivity contribution in [3.05, 3.63) is 27.4 Å². The summed E-state index contributed by atoms with van der Waals surface area (Å²) in [7, 11) is 0. The van der Waals surface area contributed by atoms with E-state index >= 15 is 0 Å². The molecule has 15 heavy (non-hydrogen) atoms. The first-order valence-corrected chi connectivity index (χ1v) is 6.25. The van der Waals surface area contributed by atoms with Gasteiger partial charge in [-0.1, -0.05) is 24.4 Å². The van der Waals surface area contributed by atoms with Gasteiger partial charge in [0.2, 0.25) is 0 Å². The van der Waals surface area contributed by atoms with Crippen LogP contribution >= 0.6 is 27.5 Å². The molecule has 0 heterocycles. The van der Waals surface area contributed by atoms with Crippen molar-refractivity contribution >= 4 is 33.2 Å². The van der Waals surface area contributed by atoms with E-state index in [-0.39, 0.29) is 5.82 Å². The van der Waals surface area contributed by atoms with Crippen LogP contribution in [0.25, 0.3) is 0 Å². The third-order valence-electron chi connectivity index (χ3n) is 2.71. The highest BCUT2D eigenvalue weighted by molar-refractivity contribution is 9.10. The zero-order valence-corrected chi connectivity index (χ0v) is 10.5. The Morgan fingerprint density at radius 3 is 2.60 bits per heavy atom. The Bertz CT molecular complexity index is 341. The van der Waals surface area contributed by atoms with Gasteiger partial charge in [-0.15, -0.1) is 0 Å². The van der Waals surface area contributed by atoms with Gasteiger partial charge in [0.15, 0.2) is 0 Å². The second-order valence-corrected chi connectivity index (χ2v) is 5.13. The van der Waals surface area contributed by atoms with Crippen LogP contribution in [0.4, 0.5) is 10.1 Å². The first-order chi connectivity index (χ1) is 7.16. The zero-order chi connectivity index (χ0) is 10.8. The van der Waals surface area contributed by atoms with Crippen molar-refractivity contribution < 1.29 is 4.39 Å². The molecule has 1 aromatic carbocycles. The maximum Gasteiger partial charge on any atom is 0.125 e. The van der Waals surface area contributed by atoms with E-state index < -0.39 is 0 Å². The molecule has 2 rings (SSSR count). The molecule has 1 aromatic rings. The molecule has 4 heteroatoms. The number of halogens is 3. The molecule has 0 aliphatic heterocycles. The van der Waals surface area contributed by atoms with E-state index in [1.807, 2.05) is 0 Å². The SMILES string of the molecule is Fc1cc(Cl)c(NC2CCCC2)c(Br)c1. The minimum Gasteiger partial charge on any atom is -0.380 e. The summed E-state index contributed by atoms with van der Waals surface area (Å²) in [5.74, 6) is -0.316. The molecule has 0 radical (unpaired) electrons. The van der Waals surface area contributed by atoms with Crippen LogP contribution in [-0.4, -0.2) is 6.04 Å². The molecule has 1 aliphatic carbocycles. The first kappa shape index (κ1) is 11.2. The topological polar surface area (TPSA) is 12.0 Å². The van der Waals surface area contributed by atoms with E-state index in [2.05, 4.69) is 21.2 Å². The van der Waals surface area contributed by atoms with Crippen molar-refractivity contribution in [2.45, 2.75) is 31.7 Å². The van der Waals surface area contributed by atoms with E-state index in [9.17, 15) is 4.39 Å². The maximum absolute atomic E-state index is 13.0. The van der Waals surface area contributed by atoms with Crippen molar-refractivity contribution in [1.29, 1.82) is 0 Å². The summed E-state index contributed by atoms with van der Waals surface area (Å²) >= 11 is 9.30. The zero-order valence-electron chi connectivity index (χ0n) is 8.19. The van der Waals surface area contributed by atoms with Crippen LogP contribution in [0.3, 0.4) is 0 Å². The predicted molar refractivity (Wildman–Crippen MR) is 65.0 cm³/mol. The van der Waals surface area contributed by atoms with Gasteiger partial charge in [-0.05, 0) is 40.9 Å².